The first-order valence-electron chi connectivity index (χ1n) is 12.2. The van der Waals surface area contributed by atoms with Gasteiger partial charge in [0.15, 0.2) is 0 Å². The van der Waals surface area contributed by atoms with Crippen LogP contribution in [0.15, 0.2) is 68.7 Å². The molecule has 0 radical (unpaired) electrons. The molecule has 4 nitrogen and oxygen atoms in total. The summed E-state index contributed by atoms with van der Waals surface area (Å²) in [5.41, 5.74) is 4.35. The molecule has 3 aromatic rings. The number of esters is 1. The van der Waals surface area contributed by atoms with E-state index in [-0.39, 0.29) is 17.0 Å². The number of hydrogen-bond acceptors (Lipinski definition) is 5. The quantitative estimate of drug-likeness (QED) is 0.0901. The highest BCUT2D eigenvalue weighted by Gasteiger charge is 2.21. The largest absolute Gasteiger partial charge is 0.462 e. The van der Waals surface area contributed by atoms with Crippen LogP contribution in [0.1, 0.15) is 58.1 Å². The van der Waals surface area contributed by atoms with E-state index in [9.17, 15) is 9.59 Å². The molecule has 0 fully saturated rings. The van der Waals surface area contributed by atoms with Crippen LogP contribution < -0.4 is 5.63 Å². The van der Waals surface area contributed by atoms with E-state index in [1.54, 1.807) is 18.7 Å². The number of aryl methyl sites for hydroxylation is 2. The monoisotopic (exact) mass is 492 g/mol. The molecule has 2 aromatic carbocycles. The van der Waals surface area contributed by atoms with Gasteiger partial charge in [0.1, 0.15) is 5.58 Å². The third-order valence-electron chi connectivity index (χ3n) is 5.93. The number of hydrogen-bond donors (Lipinski definition) is 0. The summed E-state index contributed by atoms with van der Waals surface area (Å²) in [6.45, 7) is 13.9. The number of rotatable bonds is 11. The molecule has 3 rings (SSSR count). The van der Waals surface area contributed by atoms with Gasteiger partial charge in [-0.15, -0.1) is 11.8 Å². The molecule has 1 heterocycles. The molecular weight excluding hydrogens is 456 g/mol. The first-order chi connectivity index (χ1) is 16.6. The van der Waals surface area contributed by atoms with Crippen LogP contribution in [0.4, 0.5) is 0 Å². The molecule has 5 heteroatoms. The first kappa shape index (κ1) is 26.8. The Balaban J connectivity index is 1.75. The Morgan fingerprint density at radius 2 is 1.86 bits per heavy atom. The third kappa shape index (κ3) is 7.35. The van der Waals surface area contributed by atoms with E-state index in [0.29, 0.717) is 23.3 Å². The van der Waals surface area contributed by atoms with E-state index in [1.807, 2.05) is 30.3 Å². The van der Waals surface area contributed by atoms with Crippen molar-refractivity contribution in [2.24, 2.45) is 5.41 Å². The zero-order valence-corrected chi connectivity index (χ0v) is 22.3. The van der Waals surface area contributed by atoms with Gasteiger partial charge in [0.25, 0.3) is 0 Å². The highest BCUT2D eigenvalue weighted by molar-refractivity contribution is 7.99. The van der Waals surface area contributed by atoms with Crippen molar-refractivity contribution in [3.05, 3.63) is 76.2 Å². The standard InChI is InChI=1S/C30H36O4S/c1-7-8-9-10-22-11-14-25(21(4)15-22)26-16-23-12-13-24(17-27(23)34-29(26)32)35-19-30(5,6)18-33-28(31)20(2)3/h11-17H,2,7-10,18-19H2,1,3-6H3. The average molecular weight is 493 g/mol. The number of fused-ring (bicyclic) bond motifs is 1. The van der Waals surface area contributed by atoms with Gasteiger partial charge in [-0.3, -0.25) is 0 Å². The van der Waals surface area contributed by atoms with Crippen molar-refractivity contribution in [2.45, 2.75) is 65.2 Å². The molecule has 0 aliphatic rings. The highest BCUT2D eigenvalue weighted by Crippen LogP contribution is 2.31. The summed E-state index contributed by atoms with van der Waals surface area (Å²) < 4.78 is 11.1. The minimum Gasteiger partial charge on any atom is -0.462 e. The summed E-state index contributed by atoms with van der Waals surface area (Å²) in [5, 5.41) is 0.894. The van der Waals surface area contributed by atoms with Crippen molar-refractivity contribution in [3.8, 4) is 11.1 Å². The van der Waals surface area contributed by atoms with Crippen LogP contribution >= 0.6 is 11.8 Å². The zero-order valence-electron chi connectivity index (χ0n) is 21.5. The predicted octanol–water partition coefficient (Wildman–Crippen LogP) is 7.74. The van der Waals surface area contributed by atoms with Gasteiger partial charge in [0, 0.05) is 27.0 Å². The lowest BCUT2D eigenvalue weighted by molar-refractivity contribution is -0.141. The Morgan fingerprint density at radius 1 is 1.09 bits per heavy atom. The smallest absolute Gasteiger partial charge is 0.344 e. The highest BCUT2D eigenvalue weighted by atomic mass is 32.2. The Kier molecular flexibility index (Phi) is 9.01. The van der Waals surface area contributed by atoms with E-state index >= 15 is 0 Å². The van der Waals surface area contributed by atoms with Crippen LogP contribution in [0.3, 0.4) is 0 Å². The topological polar surface area (TPSA) is 56.5 Å². The fourth-order valence-electron chi connectivity index (χ4n) is 3.84. The van der Waals surface area contributed by atoms with Gasteiger partial charge >= 0.3 is 11.6 Å². The lowest BCUT2D eigenvalue weighted by Crippen LogP contribution is -2.24. The number of benzene rings is 2. The van der Waals surface area contributed by atoms with Gasteiger partial charge < -0.3 is 9.15 Å². The predicted molar refractivity (Wildman–Crippen MR) is 146 cm³/mol. The molecule has 1 aromatic heterocycles. The van der Waals surface area contributed by atoms with Crippen LogP contribution in [0.5, 0.6) is 0 Å². The summed E-state index contributed by atoms with van der Waals surface area (Å²) in [5.74, 6) is 0.376. The SMILES string of the molecule is C=C(C)C(=O)OCC(C)(C)CSc1ccc2cc(-c3ccc(CCCCC)cc3C)c(=O)oc2c1. The van der Waals surface area contributed by atoms with Crippen LogP contribution in [-0.4, -0.2) is 18.3 Å². The Morgan fingerprint density at radius 3 is 2.54 bits per heavy atom. The minimum atomic E-state index is -0.368. The Hall–Kier alpha value is -2.79. The van der Waals surface area contributed by atoms with Crippen molar-refractivity contribution < 1.29 is 13.9 Å². The summed E-state index contributed by atoms with van der Waals surface area (Å²) >= 11 is 1.64. The van der Waals surface area contributed by atoms with Gasteiger partial charge in [-0.25, -0.2) is 9.59 Å². The second-order valence-corrected chi connectivity index (χ2v) is 11.1. The van der Waals surface area contributed by atoms with E-state index in [0.717, 1.165) is 33.6 Å². The number of carbonyl (C=O) groups excluding carboxylic acids is 1. The van der Waals surface area contributed by atoms with Crippen molar-refractivity contribution in [1.82, 2.24) is 0 Å². The summed E-state index contributed by atoms with van der Waals surface area (Å²) in [7, 11) is 0. The normalized spacial score (nSPS) is 11.6. The Labute approximate surface area is 212 Å². The molecule has 0 atom stereocenters. The van der Waals surface area contributed by atoms with Gasteiger partial charge in [0.2, 0.25) is 0 Å². The van der Waals surface area contributed by atoms with Crippen molar-refractivity contribution in [2.75, 3.05) is 12.4 Å². The number of ether oxygens (including phenoxy) is 1. The minimum absolute atomic E-state index is 0.213. The molecule has 0 spiro atoms. The van der Waals surface area contributed by atoms with Crippen LogP contribution in [0.25, 0.3) is 22.1 Å². The van der Waals surface area contributed by atoms with Crippen molar-refractivity contribution in [3.63, 3.8) is 0 Å². The van der Waals surface area contributed by atoms with E-state index in [1.165, 1.54) is 24.8 Å². The van der Waals surface area contributed by atoms with E-state index in [4.69, 9.17) is 9.15 Å². The van der Waals surface area contributed by atoms with Crippen molar-refractivity contribution >= 4 is 28.7 Å². The molecule has 0 unspecified atom stereocenters. The number of unbranched alkanes of at least 4 members (excludes halogenated alkanes) is 2. The molecule has 0 amide bonds. The maximum atomic E-state index is 12.9. The lowest BCUT2D eigenvalue weighted by atomic mass is 9.97. The second kappa shape index (κ2) is 11.8. The van der Waals surface area contributed by atoms with Crippen LogP contribution in [0, 0.1) is 12.3 Å². The van der Waals surface area contributed by atoms with Crippen LogP contribution in [-0.2, 0) is 16.0 Å². The first-order valence-corrected chi connectivity index (χ1v) is 13.2. The molecule has 0 saturated heterocycles. The molecule has 186 valence electrons. The van der Waals surface area contributed by atoms with Gasteiger partial charge in [-0.05, 0) is 61.6 Å². The number of carbonyl (C=O) groups is 1. The second-order valence-electron chi connectivity index (χ2n) is 10.1. The fraction of sp³-hybridized carbons (Fsp3) is 0.400. The molecular formula is C30H36O4S. The Bertz CT molecular complexity index is 1270. The molecule has 35 heavy (non-hydrogen) atoms. The van der Waals surface area contributed by atoms with Gasteiger partial charge in [-0.1, -0.05) is 64.5 Å². The number of thioether (sulfide) groups is 1. The molecule has 0 saturated carbocycles. The lowest BCUT2D eigenvalue weighted by Gasteiger charge is -2.23. The molecule has 0 aliphatic carbocycles. The third-order valence-corrected chi connectivity index (χ3v) is 7.44. The van der Waals surface area contributed by atoms with Crippen LogP contribution in [0.2, 0.25) is 0 Å². The van der Waals surface area contributed by atoms with Gasteiger partial charge in [-0.2, -0.15) is 0 Å². The maximum absolute atomic E-state index is 12.9. The van der Waals surface area contributed by atoms with E-state index in [2.05, 4.69) is 46.4 Å². The van der Waals surface area contributed by atoms with Gasteiger partial charge in [0.05, 0.1) is 12.2 Å². The molecule has 0 aliphatic heterocycles. The summed E-state index contributed by atoms with van der Waals surface area (Å²) in [6, 6.07) is 14.2. The summed E-state index contributed by atoms with van der Waals surface area (Å²) in [6.07, 6.45) is 4.69. The summed E-state index contributed by atoms with van der Waals surface area (Å²) in [4.78, 5) is 25.6. The van der Waals surface area contributed by atoms with E-state index < -0.39 is 0 Å². The van der Waals surface area contributed by atoms with Crippen molar-refractivity contribution in [1.29, 1.82) is 0 Å². The zero-order chi connectivity index (χ0) is 25.6. The fourth-order valence-corrected chi connectivity index (χ4v) is 4.83. The molecule has 0 N–H and O–H groups in total. The average Bonchev–Trinajstić information content (AvgIpc) is 2.81. The molecule has 0 bridgehead atoms. The maximum Gasteiger partial charge on any atom is 0.344 e.